The van der Waals surface area contributed by atoms with E-state index in [0.717, 1.165) is 18.9 Å². The van der Waals surface area contributed by atoms with Gasteiger partial charge in [0, 0.05) is 19.5 Å². The number of amides is 1. The zero-order valence-electron chi connectivity index (χ0n) is 7.79. The Labute approximate surface area is 78.1 Å². The van der Waals surface area contributed by atoms with Crippen LogP contribution in [0.25, 0.3) is 0 Å². The molecule has 0 aromatic carbocycles. The summed E-state index contributed by atoms with van der Waals surface area (Å²) >= 11 is 0. The SMILES string of the molecule is O=C1CCN(CCCC2CC2)C1=O. The van der Waals surface area contributed by atoms with Crippen molar-refractivity contribution >= 4 is 11.7 Å². The molecule has 0 radical (unpaired) electrons. The van der Waals surface area contributed by atoms with E-state index in [1.54, 1.807) is 4.90 Å². The number of hydrogen-bond acceptors (Lipinski definition) is 2. The van der Waals surface area contributed by atoms with Crippen molar-refractivity contribution in [2.45, 2.75) is 32.1 Å². The van der Waals surface area contributed by atoms with Crippen LogP contribution in [-0.4, -0.2) is 29.7 Å². The first-order chi connectivity index (χ1) is 6.27. The van der Waals surface area contributed by atoms with E-state index in [9.17, 15) is 9.59 Å². The Balaban J connectivity index is 1.68. The molecule has 0 unspecified atom stereocenters. The van der Waals surface area contributed by atoms with E-state index in [4.69, 9.17) is 0 Å². The van der Waals surface area contributed by atoms with Gasteiger partial charge < -0.3 is 4.90 Å². The van der Waals surface area contributed by atoms with Gasteiger partial charge in [0.25, 0.3) is 5.91 Å². The van der Waals surface area contributed by atoms with E-state index in [1.807, 2.05) is 0 Å². The van der Waals surface area contributed by atoms with Crippen LogP contribution in [0.3, 0.4) is 0 Å². The van der Waals surface area contributed by atoms with Crippen LogP contribution in [0.5, 0.6) is 0 Å². The van der Waals surface area contributed by atoms with Gasteiger partial charge in [0.05, 0.1) is 0 Å². The van der Waals surface area contributed by atoms with Gasteiger partial charge in [0.15, 0.2) is 0 Å². The highest BCUT2D eigenvalue weighted by atomic mass is 16.2. The summed E-state index contributed by atoms with van der Waals surface area (Å²) in [4.78, 5) is 23.8. The lowest BCUT2D eigenvalue weighted by atomic mass is 10.2. The topological polar surface area (TPSA) is 37.4 Å². The number of Topliss-reactive ketones (excluding diaryl/α,β-unsaturated/α-hetero) is 1. The fourth-order valence-electron chi connectivity index (χ4n) is 1.81. The van der Waals surface area contributed by atoms with Crippen molar-refractivity contribution in [3.05, 3.63) is 0 Å². The van der Waals surface area contributed by atoms with Gasteiger partial charge in [0.2, 0.25) is 5.78 Å². The number of nitrogens with zero attached hydrogens (tertiary/aromatic N) is 1. The summed E-state index contributed by atoms with van der Waals surface area (Å²) in [6.07, 6.45) is 5.48. The smallest absolute Gasteiger partial charge is 0.290 e. The molecule has 3 heteroatoms. The fourth-order valence-corrected chi connectivity index (χ4v) is 1.81. The molecule has 0 aromatic rings. The van der Waals surface area contributed by atoms with Gasteiger partial charge in [-0.15, -0.1) is 0 Å². The maximum atomic E-state index is 11.2. The lowest BCUT2D eigenvalue weighted by Gasteiger charge is -2.13. The van der Waals surface area contributed by atoms with E-state index in [1.165, 1.54) is 19.3 Å². The van der Waals surface area contributed by atoms with Crippen LogP contribution in [0, 0.1) is 5.92 Å². The predicted octanol–water partition coefficient (Wildman–Crippen LogP) is 0.978. The van der Waals surface area contributed by atoms with Gasteiger partial charge in [-0.1, -0.05) is 12.8 Å². The molecule has 1 saturated carbocycles. The molecule has 1 amide bonds. The molecule has 0 atom stereocenters. The molecule has 1 aliphatic heterocycles. The van der Waals surface area contributed by atoms with Crippen molar-refractivity contribution in [2.24, 2.45) is 5.92 Å². The largest absolute Gasteiger partial charge is 0.336 e. The molecule has 2 aliphatic rings. The molecule has 1 heterocycles. The highest BCUT2D eigenvalue weighted by Crippen LogP contribution is 2.33. The van der Waals surface area contributed by atoms with Crippen LogP contribution in [0.15, 0.2) is 0 Å². The van der Waals surface area contributed by atoms with Crippen molar-refractivity contribution in [3.8, 4) is 0 Å². The second kappa shape index (κ2) is 3.48. The molecule has 72 valence electrons. The van der Waals surface area contributed by atoms with E-state index in [0.29, 0.717) is 13.0 Å². The number of carbonyl (C=O) groups is 2. The van der Waals surface area contributed by atoms with Gasteiger partial charge in [-0.2, -0.15) is 0 Å². The number of ketones is 1. The lowest BCUT2D eigenvalue weighted by Crippen LogP contribution is -2.28. The second-order valence-electron chi connectivity index (χ2n) is 4.05. The molecule has 0 spiro atoms. The summed E-state index contributed by atoms with van der Waals surface area (Å²) in [5.74, 6) is 0.468. The Morgan fingerprint density at radius 2 is 2.08 bits per heavy atom. The Hall–Kier alpha value is -0.860. The average molecular weight is 181 g/mol. The highest BCUT2D eigenvalue weighted by molar-refractivity contribution is 6.37. The second-order valence-corrected chi connectivity index (χ2v) is 4.05. The summed E-state index contributed by atoms with van der Waals surface area (Å²) in [5, 5.41) is 0. The van der Waals surface area contributed by atoms with Gasteiger partial charge in [-0.05, 0) is 18.8 Å². The third-order valence-electron chi connectivity index (χ3n) is 2.87. The minimum atomic E-state index is -0.254. The Morgan fingerprint density at radius 3 is 2.62 bits per heavy atom. The maximum Gasteiger partial charge on any atom is 0.290 e. The minimum Gasteiger partial charge on any atom is -0.336 e. The molecule has 13 heavy (non-hydrogen) atoms. The van der Waals surface area contributed by atoms with Crippen LogP contribution in [0.1, 0.15) is 32.1 Å². The minimum absolute atomic E-state index is 0.202. The van der Waals surface area contributed by atoms with E-state index >= 15 is 0 Å². The van der Waals surface area contributed by atoms with Crippen LogP contribution in [0.4, 0.5) is 0 Å². The number of likely N-dealkylation sites (tertiary alicyclic amines) is 1. The van der Waals surface area contributed by atoms with E-state index in [-0.39, 0.29) is 11.7 Å². The van der Waals surface area contributed by atoms with Crippen LogP contribution < -0.4 is 0 Å². The molecule has 1 saturated heterocycles. The summed E-state index contributed by atoms with van der Waals surface area (Å²) in [5.41, 5.74) is 0. The van der Waals surface area contributed by atoms with Crippen LogP contribution in [-0.2, 0) is 9.59 Å². The number of rotatable bonds is 4. The number of hydrogen-bond donors (Lipinski definition) is 0. The third-order valence-corrected chi connectivity index (χ3v) is 2.87. The summed E-state index contributed by atoms with van der Waals surface area (Å²) < 4.78 is 0. The van der Waals surface area contributed by atoms with Crippen molar-refractivity contribution in [3.63, 3.8) is 0 Å². The first kappa shape index (κ1) is 8.73. The predicted molar refractivity (Wildman–Crippen MR) is 48.2 cm³/mol. The molecule has 0 aromatic heterocycles. The van der Waals surface area contributed by atoms with Crippen molar-refractivity contribution in [1.29, 1.82) is 0 Å². The Kier molecular flexibility index (Phi) is 2.34. The first-order valence-electron chi connectivity index (χ1n) is 5.09. The molecule has 0 N–H and O–H groups in total. The monoisotopic (exact) mass is 181 g/mol. The van der Waals surface area contributed by atoms with Gasteiger partial charge in [0.1, 0.15) is 0 Å². The lowest BCUT2D eigenvalue weighted by molar-refractivity contribution is -0.140. The van der Waals surface area contributed by atoms with Gasteiger partial charge >= 0.3 is 0 Å². The molecule has 3 nitrogen and oxygen atoms in total. The Morgan fingerprint density at radius 1 is 1.31 bits per heavy atom. The standard InChI is InChI=1S/C10H15NO2/c12-9-5-7-11(10(9)13)6-1-2-8-3-4-8/h8H,1-7H2. The fraction of sp³-hybridized carbons (Fsp3) is 0.800. The van der Waals surface area contributed by atoms with Crippen molar-refractivity contribution < 1.29 is 9.59 Å². The van der Waals surface area contributed by atoms with Crippen LogP contribution >= 0.6 is 0 Å². The number of carbonyl (C=O) groups excluding carboxylic acids is 2. The van der Waals surface area contributed by atoms with E-state index in [2.05, 4.69) is 0 Å². The summed E-state index contributed by atoms with van der Waals surface area (Å²) in [6, 6.07) is 0. The van der Waals surface area contributed by atoms with Crippen molar-refractivity contribution in [1.82, 2.24) is 4.90 Å². The quantitative estimate of drug-likeness (QED) is 0.606. The molecular weight excluding hydrogens is 166 g/mol. The summed E-state index contributed by atoms with van der Waals surface area (Å²) in [7, 11) is 0. The maximum absolute atomic E-state index is 11.2. The molecule has 2 fully saturated rings. The van der Waals surface area contributed by atoms with Gasteiger partial charge in [-0.25, -0.2) is 0 Å². The molecule has 2 rings (SSSR count). The summed E-state index contributed by atoms with van der Waals surface area (Å²) in [6.45, 7) is 1.45. The van der Waals surface area contributed by atoms with Crippen LogP contribution in [0.2, 0.25) is 0 Å². The van der Waals surface area contributed by atoms with E-state index < -0.39 is 0 Å². The normalized spacial score (nSPS) is 22.9. The zero-order valence-corrected chi connectivity index (χ0v) is 7.79. The first-order valence-corrected chi connectivity index (χ1v) is 5.09. The Bertz CT molecular complexity index is 233. The molecular formula is C10H15NO2. The zero-order chi connectivity index (χ0) is 9.26. The molecule has 0 bridgehead atoms. The molecule has 1 aliphatic carbocycles. The third kappa shape index (κ3) is 2.08. The highest BCUT2D eigenvalue weighted by Gasteiger charge is 2.29. The average Bonchev–Trinajstić information content (AvgIpc) is 2.88. The van der Waals surface area contributed by atoms with Crippen molar-refractivity contribution in [2.75, 3.05) is 13.1 Å². The van der Waals surface area contributed by atoms with Gasteiger partial charge in [-0.3, -0.25) is 9.59 Å².